The number of imidazole rings is 1. The molecule has 0 bridgehead atoms. The first kappa shape index (κ1) is 21.5. The van der Waals surface area contributed by atoms with Gasteiger partial charge in [-0.15, -0.1) is 0 Å². The number of likely N-dealkylation sites (tertiary alicyclic amines) is 1. The summed E-state index contributed by atoms with van der Waals surface area (Å²) in [5.41, 5.74) is -3.56. The summed E-state index contributed by atoms with van der Waals surface area (Å²) in [7, 11) is 0. The van der Waals surface area contributed by atoms with Gasteiger partial charge in [-0.1, -0.05) is 23.2 Å². The number of amides is 3. The molecule has 1 aromatic heterocycles. The standard InChI is InChI=1S/C17H14Cl2F3N5O4/c18-8-5-10-11(6-9(8)19)27-14(23-10)24-13(29)16(27,17(20,21)22)25-12(28)7-1-3-26(4-2-7)15(30)31/h5-7H,1-4H2,(H,25,28)(H,30,31)(H,23,24,29). The van der Waals surface area contributed by atoms with Gasteiger partial charge in [-0.2, -0.15) is 13.2 Å². The Morgan fingerprint density at radius 3 is 2.42 bits per heavy atom. The molecule has 0 radical (unpaired) electrons. The summed E-state index contributed by atoms with van der Waals surface area (Å²) in [6, 6.07) is 2.38. The number of alkyl halides is 3. The van der Waals surface area contributed by atoms with Crippen molar-refractivity contribution in [3.63, 3.8) is 0 Å². The second kappa shape index (κ2) is 7.16. The van der Waals surface area contributed by atoms with Crippen LogP contribution in [-0.2, 0) is 15.3 Å². The summed E-state index contributed by atoms with van der Waals surface area (Å²) in [5, 5.41) is 12.9. The number of hydrogen-bond donors (Lipinski definition) is 3. The van der Waals surface area contributed by atoms with Gasteiger partial charge in [0, 0.05) is 19.0 Å². The number of aromatic nitrogens is 2. The van der Waals surface area contributed by atoms with Gasteiger partial charge in [0.2, 0.25) is 11.9 Å². The number of nitrogens with one attached hydrogen (secondary N) is 2. The van der Waals surface area contributed by atoms with E-state index in [0.717, 1.165) is 11.0 Å². The average Bonchev–Trinajstić information content (AvgIpc) is 3.15. The van der Waals surface area contributed by atoms with Crippen LogP contribution >= 0.6 is 23.2 Å². The zero-order valence-corrected chi connectivity index (χ0v) is 17.0. The van der Waals surface area contributed by atoms with Crippen LogP contribution in [0.5, 0.6) is 0 Å². The van der Waals surface area contributed by atoms with Crippen LogP contribution in [0.3, 0.4) is 0 Å². The van der Waals surface area contributed by atoms with E-state index in [1.807, 2.05) is 5.32 Å². The summed E-state index contributed by atoms with van der Waals surface area (Å²) >= 11 is 11.9. The SMILES string of the molecule is O=C(NC1(C(F)(F)F)C(=O)Nc2nc3cc(Cl)c(Cl)cc3n21)C1CCN(C(=O)O)CC1. The number of fused-ring (bicyclic) bond motifs is 3. The van der Waals surface area contributed by atoms with Gasteiger partial charge in [-0.3, -0.25) is 19.5 Å². The van der Waals surface area contributed by atoms with Crippen LogP contribution in [0.1, 0.15) is 12.8 Å². The number of carboxylic acid groups (broad SMARTS) is 1. The number of carbonyl (C=O) groups is 3. The number of benzene rings is 1. The zero-order chi connectivity index (χ0) is 22.7. The Balaban J connectivity index is 1.75. The lowest BCUT2D eigenvalue weighted by atomic mass is 9.95. The molecule has 166 valence electrons. The molecule has 14 heteroatoms. The number of hydrogen-bond acceptors (Lipinski definition) is 4. The molecular formula is C17H14Cl2F3N5O4. The van der Waals surface area contributed by atoms with Crippen molar-refractivity contribution in [2.24, 2.45) is 5.92 Å². The maximum atomic E-state index is 14.4. The van der Waals surface area contributed by atoms with E-state index >= 15 is 0 Å². The Bertz CT molecular complexity index is 1110. The molecule has 2 aromatic rings. The van der Waals surface area contributed by atoms with E-state index in [9.17, 15) is 27.6 Å². The number of piperidine rings is 1. The maximum Gasteiger partial charge on any atom is 0.440 e. The second-order valence-electron chi connectivity index (χ2n) is 7.22. The van der Waals surface area contributed by atoms with Gasteiger partial charge < -0.3 is 15.3 Å². The molecule has 3 amide bonds. The molecule has 1 atom stereocenters. The molecule has 4 rings (SSSR count). The van der Waals surface area contributed by atoms with Crippen molar-refractivity contribution < 1.29 is 32.7 Å². The summed E-state index contributed by atoms with van der Waals surface area (Å²) in [6.07, 6.45) is -6.37. The van der Waals surface area contributed by atoms with E-state index < -0.39 is 41.6 Å². The van der Waals surface area contributed by atoms with Crippen molar-refractivity contribution in [3.8, 4) is 0 Å². The number of halogens is 5. The molecule has 9 nitrogen and oxygen atoms in total. The van der Waals surface area contributed by atoms with Crippen LogP contribution in [0.2, 0.25) is 10.0 Å². The van der Waals surface area contributed by atoms with Gasteiger partial charge in [0.1, 0.15) is 0 Å². The number of rotatable bonds is 2. The average molecular weight is 480 g/mol. The molecule has 1 fully saturated rings. The largest absolute Gasteiger partial charge is 0.465 e. The molecule has 31 heavy (non-hydrogen) atoms. The Kier molecular flexibility index (Phi) is 4.97. The fraction of sp³-hybridized carbons (Fsp3) is 0.412. The first-order valence-electron chi connectivity index (χ1n) is 9.01. The molecular weight excluding hydrogens is 466 g/mol. The Hall–Kier alpha value is -2.73. The van der Waals surface area contributed by atoms with E-state index in [1.165, 1.54) is 6.07 Å². The fourth-order valence-corrected chi connectivity index (χ4v) is 4.16. The van der Waals surface area contributed by atoms with Crippen LogP contribution in [-0.4, -0.2) is 56.7 Å². The Labute approximate surface area is 182 Å². The minimum Gasteiger partial charge on any atom is -0.465 e. The smallest absolute Gasteiger partial charge is 0.440 e. The predicted octanol–water partition coefficient (Wildman–Crippen LogP) is 3.02. The van der Waals surface area contributed by atoms with Gasteiger partial charge in [-0.05, 0) is 25.0 Å². The molecule has 1 saturated heterocycles. The maximum absolute atomic E-state index is 14.4. The lowest BCUT2D eigenvalue weighted by Gasteiger charge is -2.35. The lowest BCUT2D eigenvalue weighted by Crippen LogP contribution is -2.64. The highest BCUT2D eigenvalue weighted by molar-refractivity contribution is 6.42. The van der Waals surface area contributed by atoms with Gasteiger partial charge >= 0.3 is 12.3 Å². The molecule has 1 unspecified atom stereocenters. The van der Waals surface area contributed by atoms with Crippen molar-refractivity contribution in [1.29, 1.82) is 0 Å². The predicted molar refractivity (Wildman–Crippen MR) is 103 cm³/mol. The van der Waals surface area contributed by atoms with Crippen molar-refractivity contribution in [2.75, 3.05) is 18.4 Å². The number of nitrogens with zero attached hydrogens (tertiary/aromatic N) is 3. The summed E-state index contributed by atoms with van der Waals surface area (Å²) in [5.74, 6) is -3.87. The van der Waals surface area contributed by atoms with E-state index in [0.29, 0.717) is 4.57 Å². The van der Waals surface area contributed by atoms with Gasteiger partial charge in [0.25, 0.3) is 11.6 Å². The molecule has 2 aliphatic heterocycles. The van der Waals surface area contributed by atoms with Crippen LogP contribution < -0.4 is 10.6 Å². The van der Waals surface area contributed by atoms with Crippen LogP contribution in [0, 0.1) is 5.92 Å². The van der Waals surface area contributed by atoms with Crippen LogP contribution in [0.4, 0.5) is 23.9 Å². The third-order valence-corrected chi connectivity index (χ3v) is 6.16. The molecule has 0 spiro atoms. The molecule has 2 aliphatic rings. The minimum atomic E-state index is -5.24. The zero-order valence-electron chi connectivity index (χ0n) is 15.5. The third-order valence-electron chi connectivity index (χ3n) is 5.44. The molecule has 0 saturated carbocycles. The van der Waals surface area contributed by atoms with E-state index in [-0.39, 0.29) is 47.0 Å². The van der Waals surface area contributed by atoms with Crippen molar-refractivity contribution in [1.82, 2.24) is 19.8 Å². The first-order chi connectivity index (χ1) is 14.5. The first-order valence-corrected chi connectivity index (χ1v) is 9.77. The van der Waals surface area contributed by atoms with Crippen LogP contribution in [0.15, 0.2) is 12.1 Å². The molecule has 1 aromatic carbocycles. The summed E-state index contributed by atoms with van der Waals surface area (Å²) < 4.78 is 43.6. The monoisotopic (exact) mass is 479 g/mol. The fourth-order valence-electron chi connectivity index (χ4n) is 3.84. The molecule has 3 heterocycles. The summed E-state index contributed by atoms with van der Waals surface area (Å²) in [4.78, 5) is 41.4. The van der Waals surface area contributed by atoms with E-state index in [1.54, 1.807) is 0 Å². The topological polar surface area (TPSA) is 117 Å². The Morgan fingerprint density at radius 1 is 1.23 bits per heavy atom. The summed E-state index contributed by atoms with van der Waals surface area (Å²) in [6.45, 7) is -0.0159. The quantitative estimate of drug-likeness (QED) is 0.611. The number of carbonyl (C=O) groups excluding carboxylic acids is 2. The van der Waals surface area contributed by atoms with Crippen molar-refractivity contribution in [3.05, 3.63) is 22.2 Å². The van der Waals surface area contributed by atoms with Gasteiger partial charge in [0.05, 0.1) is 21.1 Å². The highest BCUT2D eigenvalue weighted by Crippen LogP contribution is 2.45. The van der Waals surface area contributed by atoms with E-state index in [2.05, 4.69) is 10.3 Å². The molecule has 0 aliphatic carbocycles. The second-order valence-corrected chi connectivity index (χ2v) is 8.04. The molecule has 3 N–H and O–H groups in total. The van der Waals surface area contributed by atoms with Crippen molar-refractivity contribution in [2.45, 2.75) is 24.7 Å². The normalized spacial score (nSPS) is 21.8. The third kappa shape index (κ3) is 3.24. The van der Waals surface area contributed by atoms with Crippen LogP contribution in [0.25, 0.3) is 11.0 Å². The highest BCUT2D eigenvalue weighted by Gasteiger charge is 2.68. The minimum absolute atomic E-state index is 0.00794. The van der Waals surface area contributed by atoms with Crippen molar-refractivity contribution >= 4 is 58.1 Å². The van der Waals surface area contributed by atoms with E-state index in [4.69, 9.17) is 28.3 Å². The lowest BCUT2D eigenvalue weighted by molar-refractivity contribution is -0.218. The highest BCUT2D eigenvalue weighted by atomic mass is 35.5. The Morgan fingerprint density at radius 2 is 1.84 bits per heavy atom. The van der Waals surface area contributed by atoms with Gasteiger partial charge in [-0.25, -0.2) is 9.78 Å². The number of anilines is 1. The van der Waals surface area contributed by atoms with Gasteiger partial charge in [0.15, 0.2) is 0 Å².